The largest absolute Gasteiger partial charge is 0.459 e. The zero-order valence-electron chi connectivity index (χ0n) is 10.2. The number of nitrogens with zero attached hydrogens (tertiary/aromatic N) is 1. The van der Waals surface area contributed by atoms with Crippen molar-refractivity contribution in [1.82, 2.24) is 4.90 Å². The zero-order chi connectivity index (χ0) is 12.8. The molecule has 5 heteroatoms. The molecule has 0 aromatic carbocycles. The Morgan fingerprint density at radius 2 is 2.35 bits per heavy atom. The van der Waals surface area contributed by atoms with Gasteiger partial charge in [-0.1, -0.05) is 19.1 Å². The van der Waals surface area contributed by atoms with Crippen molar-refractivity contribution in [2.75, 3.05) is 6.54 Å². The molecule has 1 unspecified atom stereocenters. The predicted molar refractivity (Wildman–Crippen MR) is 70.9 cm³/mol. The third-order valence-electron chi connectivity index (χ3n) is 2.71. The minimum absolute atomic E-state index is 0.111. The van der Waals surface area contributed by atoms with Crippen molar-refractivity contribution in [1.29, 1.82) is 0 Å². The summed E-state index contributed by atoms with van der Waals surface area (Å²) in [6.07, 6.45) is 2.91. The van der Waals surface area contributed by atoms with Crippen molar-refractivity contribution in [3.63, 3.8) is 0 Å². The first-order valence-corrected chi connectivity index (χ1v) is 6.09. The van der Waals surface area contributed by atoms with Crippen LogP contribution in [0.4, 0.5) is 0 Å². The second-order valence-electron chi connectivity index (χ2n) is 3.95. The first-order chi connectivity index (χ1) is 8.06. The van der Waals surface area contributed by atoms with Crippen LogP contribution in [0.25, 0.3) is 0 Å². The van der Waals surface area contributed by atoms with E-state index in [1.165, 1.54) is 6.26 Å². The fraction of sp³-hybridized carbons (Fsp3) is 0.500. The number of furan rings is 1. The third kappa shape index (κ3) is 3.85. The van der Waals surface area contributed by atoms with Crippen molar-refractivity contribution in [2.45, 2.75) is 32.7 Å². The fourth-order valence-electron chi connectivity index (χ4n) is 1.51. The van der Waals surface area contributed by atoms with Crippen molar-refractivity contribution in [3.05, 3.63) is 24.2 Å². The summed E-state index contributed by atoms with van der Waals surface area (Å²) in [6.45, 7) is 4.57. The van der Waals surface area contributed by atoms with Crippen LogP contribution >= 0.6 is 12.2 Å². The zero-order valence-corrected chi connectivity index (χ0v) is 11.0. The molecule has 0 bridgehead atoms. The van der Waals surface area contributed by atoms with Gasteiger partial charge in [-0.15, -0.1) is 0 Å². The highest BCUT2D eigenvalue weighted by molar-refractivity contribution is 7.80. The summed E-state index contributed by atoms with van der Waals surface area (Å²) >= 11 is 4.84. The second-order valence-corrected chi connectivity index (χ2v) is 4.47. The lowest BCUT2D eigenvalue weighted by molar-refractivity contribution is 0.0661. The Hall–Kier alpha value is -1.36. The van der Waals surface area contributed by atoms with Gasteiger partial charge in [-0.25, -0.2) is 0 Å². The van der Waals surface area contributed by atoms with Gasteiger partial charge in [-0.3, -0.25) is 4.79 Å². The van der Waals surface area contributed by atoms with Gasteiger partial charge < -0.3 is 15.1 Å². The van der Waals surface area contributed by atoms with Crippen LogP contribution in [0.2, 0.25) is 0 Å². The van der Waals surface area contributed by atoms with Crippen molar-refractivity contribution >= 4 is 23.1 Å². The number of carbonyl (C=O) groups excluding carboxylic acids is 1. The molecule has 4 nitrogen and oxygen atoms in total. The topological polar surface area (TPSA) is 59.5 Å². The van der Waals surface area contributed by atoms with Gasteiger partial charge in [0.25, 0.3) is 5.91 Å². The van der Waals surface area contributed by atoms with E-state index in [1.54, 1.807) is 17.0 Å². The van der Waals surface area contributed by atoms with E-state index in [0.29, 0.717) is 23.7 Å². The molecule has 0 fully saturated rings. The number of rotatable bonds is 6. The fourth-order valence-corrected chi connectivity index (χ4v) is 1.61. The summed E-state index contributed by atoms with van der Waals surface area (Å²) in [5, 5.41) is 0. The molecule has 1 amide bonds. The lowest BCUT2D eigenvalue weighted by Crippen LogP contribution is -2.40. The number of thiocarbonyl (C=S) groups is 1. The Morgan fingerprint density at radius 1 is 1.65 bits per heavy atom. The van der Waals surface area contributed by atoms with Crippen molar-refractivity contribution in [3.8, 4) is 0 Å². The molecular formula is C12H18N2O2S. The van der Waals surface area contributed by atoms with Gasteiger partial charge in [-0.2, -0.15) is 0 Å². The maximum Gasteiger partial charge on any atom is 0.289 e. The average Bonchev–Trinajstić information content (AvgIpc) is 2.81. The van der Waals surface area contributed by atoms with E-state index in [-0.39, 0.29) is 11.9 Å². The smallest absolute Gasteiger partial charge is 0.289 e. The number of carbonyl (C=O) groups is 1. The normalized spacial score (nSPS) is 12.1. The first-order valence-electron chi connectivity index (χ1n) is 5.69. The molecule has 0 aliphatic heterocycles. The Labute approximate surface area is 107 Å². The van der Waals surface area contributed by atoms with Crippen LogP contribution in [0.5, 0.6) is 0 Å². The van der Waals surface area contributed by atoms with E-state index >= 15 is 0 Å². The quantitative estimate of drug-likeness (QED) is 0.791. The van der Waals surface area contributed by atoms with E-state index in [1.807, 2.05) is 13.8 Å². The molecule has 0 aliphatic rings. The summed E-state index contributed by atoms with van der Waals surface area (Å²) in [4.78, 5) is 14.3. The standard InChI is InChI=1S/C12H18N2O2S/c1-3-9(2)14(7-6-11(13)17)12(15)10-5-4-8-16-10/h4-5,8-9H,3,6-7H2,1-2H3,(H2,13,17). The number of hydrogen-bond donors (Lipinski definition) is 1. The molecule has 94 valence electrons. The van der Waals surface area contributed by atoms with Crippen LogP contribution in [-0.4, -0.2) is 28.4 Å². The van der Waals surface area contributed by atoms with Gasteiger partial charge in [0.15, 0.2) is 5.76 Å². The molecule has 0 saturated carbocycles. The van der Waals surface area contributed by atoms with Crippen LogP contribution < -0.4 is 5.73 Å². The van der Waals surface area contributed by atoms with Crippen molar-refractivity contribution < 1.29 is 9.21 Å². The highest BCUT2D eigenvalue weighted by Crippen LogP contribution is 2.12. The van der Waals surface area contributed by atoms with Gasteiger partial charge >= 0.3 is 0 Å². The van der Waals surface area contributed by atoms with E-state index in [2.05, 4.69) is 0 Å². The van der Waals surface area contributed by atoms with Crippen molar-refractivity contribution in [2.24, 2.45) is 5.73 Å². The summed E-state index contributed by atoms with van der Waals surface area (Å²) in [5.41, 5.74) is 5.47. The molecule has 2 N–H and O–H groups in total. The highest BCUT2D eigenvalue weighted by Gasteiger charge is 2.22. The molecule has 1 atom stereocenters. The van der Waals surface area contributed by atoms with Crippen LogP contribution in [-0.2, 0) is 0 Å². The van der Waals surface area contributed by atoms with E-state index in [0.717, 1.165) is 6.42 Å². The Bertz CT molecular complexity index is 376. The minimum atomic E-state index is -0.111. The van der Waals surface area contributed by atoms with Crippen LogP contribution in [0, 0.1) is 0 Å². The third-order valence-corrected chi connectivity index (χ3v) is 2.92. The Balaban J connectivity index is 2.75. The lowest BCUT2D eigenvalue weighted by Gasteiger charge is -2.27. The van der Waals surface area contributed by atoms with Gasteiger partial charge in [0, 0.05) is 19.0 Å². The molecule has 0 radical (unpaired) electrons. The Morgan fingerprint density at radius 3 is 2.82 bits per heavy atom. The van der Waals surface area contributed by atoms with Gasteiger partial charge in [-0.05, 0) is 25.5 Å². The molecule has 0 aliphatic carbocycles. The molecule has 1 aromatic rings. The first kappa shape index (κ1) is 13.7. The van der Waals surface area contributed by atoms with Gasteiger partial charge in [0.2, 0.25) is 0 Å². The molecule has 0 saturated heterocycles. The highest BCUT2D eigenvalue weighted by atomic mass is 32.1. The van der Waals surface area contributed by atoms with Crippen LogP contribution in [0.3, 0.4) is 0 Å². The van der Waals surface area contributed by atoms with Gasteiger partial charge in [0.05, 0.1) is 11.3 Å². The molecule has 1 heterocycles. The maximum atomic E-state index is 12.2. The molecule has 17 heavy (non-hydrogen) atoms. The van der Waals surface area contributed by atoms with Gasteiger partial charge in [0.1, 0.15) is 0 Å². The SMILES string of the molecule is CCC(C)N(CCC(N)=S)C(=O)c1ccco1. The Kier molecular flexibility index (Phi) is 5.15. The molecule has 1 rings (SSSR count). The van der Waals surface area contributed by atoms with Crippen LogP contribution in [0.15, 0.2) is 22.8 Å². The minimum Gasteiger partial charge on any atom is -0.459 e. The predicted octanol–water partition coefficient (Wildman–Crippen LogP) is 2.20. The summed E-state index contributed by atoms with van der Waals surface area (Å²) < 4.78 is 5.12. The van der Waals surface area contributed by atoms with Crippen LogP contribution in [0.1, 0.15) is 37.2 Å². The second kappa shape index (κ2) is 6.39. The maximum absolute atomic E-state index is 12.2. The monoisotopic (exact) mass is 254 g/mol. The molecular weight excluding hydrogens is 236 g/mol. The summed E-state index contributed by atoms with van der Waals surface area (Å²) in [7, 11) is 0. The number of nitrogens with two attached hydrogens (primary N) is 1. The average molecular weight is 254 g/mol. The van der Waals surface area contributed by atoms with E-state index in [4.69, 9.17) is 22.4 Å². The molecule has 0 spiro atoms. The number of amides is 1. The van der Waals surface area contributed by atoms with E-state index in [9.17, 15) is 4.79 Å². The van der Waals surface area contributed by atoms with E-state index < -0.39 is 0 Å². The lowest BCUT2D eigenvalue weighted by atomic mass is 10.2. The molecule has 1 aromatic heterocycles. The number of hydrogen-bond acceptors (Lipinski definition) is 3. The summed E-state index contributed by atoms with van der Waals surface area (Å²) in [6, 6.07) is 3.51. The summed E-state index contributed by atoms with van der Waals surface area (Å²) in [5.74, 6) is 0.244.